The normalized spacial score (nSPS) is 17.4. The Kier molecular flexibility index (Phi) is 17.4. The summed E-state index contributed by atoms with van der Waals surface area (Å²) in [5.41, 5.74) is 0. The van der Waals surface area contributed by atoms with Gasteiger partial charge in [-0.25, -0.2) is 0 Å². The molecular formula is C16H39N5O6. The number of aliphatic hydroxyl groups is 2. The molecule has 0 amide bonds. The molecule has 0 aliphatic heterocycles. The van der Waals surface area contributed by atoms with Crippen LogP contribution in [0, 0.1) is 0 Å². The van der Waals surface area contributed by atoms with Gasteiger partial charge in [0.25, 0.3) is 0 Å². The third-order valence-electron chi connectivity index (χ3n) is 3.93. The summed E-state index contributed by atoms with van der Waals surface area (Å²) < 4.78 is 22.7. The molecule has 0 aromatic carbocycles. The van der Waals surface area contributed by atoms with E-state index in [-0.39, 0.29) is 44.5 Å². The first-order valence-electron chi connectivity index (χ1n) is 9.12. The smallest absolute Gasteiger partial charge is 0.131 e. The maximum absolute atomic E-state index is 9.17. The molecule has 0 aromatic heterocycles. The van der Waals surface area contributed by atoms with Gasteiger partial charge in [0.1, 0.15) is 24.9 Å². The van der Waals surface area contributed by atoms with Gasteiger partial charge in [-0.1, -0.05) is 0 Å². The molecule has 0 bridgehead atoms. The average molecular weight is 398 g/mol. The summed E-state index contributed by atoms with van der Waals surface area (Å²) in [6, 6.07) is -0.124. The molecule has 7 N–H and O–H groups in total. The van der Waals surface area contributed by atoms with Crippen LogP contribution in [0.1, 0.15) is 0 Å². The molecule has 0 saturated carbocycles. The van der Waals surface area contributed by atoms with Crippen molar-refractivity contribution < 1.29 is 29.2 Å². The highest BCUT2D eigenvalue weighted by Crippen LogP contribution is 1.99. The van der Waals surface area contributed by atoms with Gasteiger partial charge in [-0.05, 0) is 35.2 Å². The summed E-state index contributed by atoms with van der Waals surface area (Å²) in [4.78, 5) is 0. The van der Waals surface area contributed by atoms with Crippen LogP contribution in [-0.2, 0) is 18.9 Å². The van der Waals surface area contributed by atoms with Crippen LogP contribution in [0.15, 0.2) is 0 Å². The Labute approximate surface area is 162 Å². The Hall–Kier alpha value is -0.440. The second kappa shape index (κ2) is 17.6. The molecule has 11 heteroatoms. The van der Waals surface area contributed by atoms with Crippen molar-refractivity contribution in [2.24, 2.45) is 0 Å². The predicted octanol–water partition coefficient (Wildman–Crippen LogP) is -3.19. The highest BCUT2D eigenvalue weighted by molar-refractivity contribution is 4.63. The van der Waals surface area contributed by atoms with Gasteiger partial charge in [0.2, 0.25) is 0 Å². The fourth-order valence-electron chi connectivity index (χ4n) is 1.94. The molecular weight excluding hydrogens is 358 g/mol. The van der Waals surface area contributed by atoms with Crippen molar-refractivity contribution in [2.75, 3.05) is 74.9 Å². The molecule has 0 rings (SSSR count). The lowest BCUT2D eigenvalue weighted by Crippen LogP contribution is -2.45. The van der Waals surface area contributed by atoms with Gasteiger partial charge >= 0.3 is 0 Å². The van der Waals surface area contributed by atoms with E-state index < -0.39 is 6.23 Å². The maximum atomic E-state index is 9.17. The van der Waals surface area contributed by atoms with E-state index in [2.05, 4.69) is 26.6 Å². The predicted molar refractivity (Wildman–Crippen MR) is 102 cm³/mol. The Morgan fingerprint density at radius 3 is 1.19 bits per heavy atom. The number of likely N-dealkylation sites (N-methyl/N-ethyl adjacent to an activating group) is 5. The van der Waals surface area contributed by atoms with Crippen LogP contribution in [0.2, 0.25) is 0 Å². The van der Waals surface area contributed by atoms with Gasteiger partial charge in [-0.15, -0.1) is 0 Å². The number of ether oxygens (including phenoxy) is 4. The lowest BCUT2D eigenvalue weighted by molar-refractivity contribution is -0.120. The molecule has 11 nitrogen and oxygen atoms in total. The van der Waals surface area contributed by atoms with E-state index in [4.69, 9.17) is 29.2 Å². The van der Waals surface area contributed by atoms with Crippen LogP contribution in [0.4, 0.5) is 0 Å². The number of rotatable bonds is 19. The molecule has 5 unspecified atom stereocenters. The largest absolute Gasteiger partial charge is 0.395 e. The van der Waals surface area contributed by atoms with E-state index in [1.807, 2.05) is 0 Å². The van der Waals surface area contributed by atoms with Crippen LogP contribution in [0.3, 0.4) is 0 Å². The van der Waals surface area contributed by atoms with Gasteiger partial charge in [-0.3, -0.25) is 21.3 Å². The van der Waals surface area contributed by atoms with E-state index >= 15 is 0 Å². The lowest BCUT2D eigenvalue weighted by atomic mass is 10.3. The summed E-state index contributed by atoms with van der Waals surface area (Å²) >= 11 is 0. The van der Waals surface area contributed by atoms with Gasteiger partial charge in [0.05, 0.1) is 45.7 Å². The van der Waals surface area contributed by atoms with Gasteiger partial charge in [0, 0.05) is 0 Å². The molecule has 0 aliphatic carbocycles. The third-order valence-corrected chi connectivity index (χ3v) is 3.93. The molecule has 27 heavy (non-hydrogen) atoms. The molecule has 5 atom stereocenters. The molecule has 0 aliphatic rings. The average Bonchev–Trinajstić information content (AvgIpc) is 2.71. The Morgan fingerprint density at radius 2 is 0.889 bits per heavy atom. The summed E-state index contributed by atoms with van der Waals surface area (Å²) in [6.45, 7) is 1.11. The highest BCUT2D eigenvalue weighted by Gasteiger charge is 2.17. The second-order valence-corrected chi connectivity index (χ2v) is 5.79. The minimum atomic E-state index is -0.435. The molecule has 0 fully saturated rings. The maximum Gasteiger partial charge on any atom is 0.131 e. The third kappa shape index (κ3) is 12.6. The molecule has 0 heterocycles. The van der Waals surface area contributed by atoms with Crippen molar-refractivity contribution in [2.45, 2.75) is 31.0 Å². The van der Waals surface area contributed by atoms with Gasteiger partial charge < -0.3 is 34.5 Å². The fraction of sp³-hybridized carbons (Fsp3) is 1.00. The fourth-order valence-corrected chi connectivity index (χ4v) is 1.94. The first-order chi connectivity index (χ1) is 13.1. The van der Waals surface area contributed by atoms with Gasteiger partial charge in [0.15, 0.2) is 0 Å². The topological polar surface area (TPSA) is 138 Å². The molecule has 0 spiro atoms. The van der Waals surface area contributed by atoms with E-state index in [9.17, 15) is 0 Å². The summed E-state index contributed by atoms with van der Waals surface area (Å²) in [6.07, 6.45) is -1.43. The molecule has 0 radical (unpaired) electrons. The summed E-state index contributed by atoms with van der Waals surface area (Å²) in [5, 5.41) is 33.1. The number of hydrogen-bond acceptors (Lipinski definition) is 11. The van der Waals surface area contributed by atoms with Crippen LogP contribution >= 0.6 is 0 Å². The molecule has 164 valence electrons. The van der Waals surface area contributed by atoms with Crippen molar-refractivity contribution in [3.63, 3.8) is 0 Å². The monoisotopic (exact) mass is 397 g/mol. The first-order valence-corrected chi connectivity index (χ1v) is 9.12. The zero-order chi connectivity index (χ0) is 20.5. The number of nitrogens with one attached hydrogen (secondary N) is 5. The Bertz CT molecular complexity index is 296. The summed E-state index contributed by atoms with van der Waals surface area (Å²) in [7, 11) is 8.80. The lowest BCUT2D eigenvalue weighted by Gasteiger charge is -2.26. The Morgan fingerprint density at radius 1 is 0.519 bits per heavy atom. The van der Waals surface area contributed by atoms with Crippen molar-refractivity contribution in [3.8, 4) is 0 Å². The Balaban J connectivity index is 4.22. The van der Waals surface area contributed by atoms with Crippen molar-refractivity contribution in [1.29, 1.82) is 0 Å². The van der Waals surface area contributed by atoms with Crippen molar-refractivity contribution in [1.82, 2.24) is 26.6 Å². The summed E-state index contributed by atoms with van der Waals surface area (Å²) in [5.74, 6) is 0. The standard InChI is InChI=1S/C16H39N5O6/c1-17-12(6-22)8-24-14(19-3)10-26-16(21-5)11-27-15(20-4)9-25-13(7-23)18-2/h12-23H,6-11H2,1-5H3. The first kappa shape index (κ1) is 26.6. The number of aliphatic hydroxyl groups excluding tert-OH is 2. The highest BCUT2D eigenvalue weighted by atomic mass is 16.6. The zero-order valence-electron chi connectivity index (χ0n) is 17.2. The van der Waals surface area contributed by atoms with Crippen LogP contribution in [-0.4, -0.2) is 116 Å². The van der Waals surface area contributed by atoms with Crippen molar-refractivity contribution in [3.05, 3.63) is 0 Å². The quantitative estimate of drug-likeness (QED) is 0.111. The molecule has 0 aromatic rings. The van der Waals surface area contributed by atoms with E-state index in [1.165, 1.54) is 0 Å². The van der Waals surface area contributed by atoms with Gasteiger partial charge in [-0.2, -0.15) is 0 Å². The van der Waals surface area contributed by atoms with E-state index in [1.54, 1.807) is 35.2 Å². The van der Waals surface area contributed by atoms with E-state index in [0.717, 1.165) is 0 Å². The zero-order valence-corrected chi connectivity index (χ0v) is 17.2. The minimum absolute atomic E-state index is 0.00105. The van der Waals surface area contributed by atoms with Crippen LogP contribution in [0.25, 0.3) is 0 Å². The van der Waals surface area contributed by atoms with Crippen LogP contribution in [0.5, 0.6) is 0 Å². The van der Waals surface area contributed by atoms with E-state index in [0.29, 0.717) is 19.8 Å². The van der Waals surface area contributed by atoms with Crippen molar-refractivity contribution >= 4 is 0 Å². The molecule has 0 saturated heterocycles. The second-order valence-electron chi connectivity index (χ2n) is 5.79. The van der Waals surface area contributed by atoms with Crippen LogP contribution < -0.4 is 26.6 Å². The minimum Gasteiger partial charge on any atom is -0.395 e. The number of hydrogen-bond donors (Lipinski definition) is 7. The SMILES string of the molecule is CNC(CO)COC(COC(COC(COC(CO)NC)NC)NC)NC.